The second kappa shape index (κ2) is 7.95. The molecule has 0 unspecified atom stereocenters. The summed E-state index contributed by atoms with van der Waals surface area (Å²) in [5.74, 6) is 1.79. The zero-order valence-corrected chi connectivity index (χ0v) is 17.9. The molecule has 1 amide bonds. The van der Waals surface area contributed by atoms with Crippen molar-refractivity contribution >= 4 is 34.3 Å². The van der Waals surface area contributed by atoms with Gasteiger partial charge in [-0.3, -0.25) is 4.79 Å². The number of nitrogens with zero attached hydrogens (tertiary/aromatic N) is 2. The number of carbonyl (C=O) groups is 1. The molecule has 1 aliphatic heterocycles. The summed E-state index contributed by atoms with van der Waals surface area (Å²) in [6.07, 6.45) is 0.904. The number of ether oxygens (including phenoxy) is 2. The smallest absolute Gasteiger partial charge is 0.237 e. The maximum Gasteiger partial charge on any atom is 0.237 e. The molecule has 1 atom stereocenters. The van der Waals surface area contributed by atoms with Crippen molar-refractivity contribution in [2.24, 2.45) is 0 Å². The van der Waals surface area contributed by atoms with E-state index in [1.807, 2.05) is 42.2 Å². The van der Waals surface area contributed by atoms with Crippen LogP contribution >= 0.6 is 11.8 Å². The van der Waals surface area contributed by atoms with E-state index in [0.717, 1.165) is 33.6 Å². The third-order valence-electron chi connectivity index (χ3n) is 5.27. The van der Waals surface area contributed by atoms with Crippen LogP contribution in [0.3, 0.4) is 0 Å². The number of thioether (sulfide) groups is 1. The highest BCUT2D eigenvalue weighted by atomic mass is 32.2. The number of hydrogen-bond donors (Lipinski definition) is 0. The number of methoxy groups -OCH3 is 2. The molecule has 1 aliphatic rings. The Bertz CT molecular complexity index is 1080. The average molecular weight is 409 g/mol. The van der Waals surface area contributed by atoms with Crippen LogP contribution in [0.1, 0.15) is 18.1 Å². The van der Waals surface area contributed by atoms with Crippen molar-refractivity contribution < 1.29 is 14.3 Å². The molecule has 5 nitrogen and oxygen atoms in total. The van der Waals surface area contributed by atoms with E-state index < -0.39 is 0 Å². The van der Waals surface area contributed by atoms with Gasteiger partial charge in [0, 0.05) is 23.2 Å². The summed E-state index contributed by atoms with van der Waals surface area (Å²) in [4.78, 5) is 19.7. The molecule has 29 heavy (non-hydrogen) atoms. The minimum absolute atomic E-state index is 0.112. The van der Waals surface area contributed by atoms with Crippen molar-refractivity contribution in [3.8, 4) is 11.5 Å². The second-order valence-electron chi connectivity index (χ2n) is 7.24. The van der Waals surface area contributed by atoms with Gasteiger partial charge in [-0.15, -0.1) is 0 Å². The SMILES string of the molecule is COc1cc2cc(C)c(SCC(=O)N3c4ccccc4C[C@H]3C)nc2cc1OC. The van der Waals surface area contributed by atoms with Gasteiger partial charge in [-0.1, -0.05) is 30.0 Å². The van der Waals surface area contributed by atoms with Gasteiger partial charge < -0.3 is 14.4 Å². The minimum Gasteiger partial charge on any atom is -0.493 e. The predicted molar refractivity (Wildman–Crippen MR) is 117 cm³/mol. The normalized spacial score (nSPS) is 15.4. The molecule has 0 N–H and O–H groups in total. The molecule has 0 bridgehead atoms. The average Bonchev–Trinajstić information content (AvgIpc) is 3.06. The Hall–Kier alpha value is -2.73. The van der Waals surface area contributed by atoms with Crippen molar-refractivity contribution in [1.82, 2.24) is 4.98 Å². The Kier molecular flexibility index (Phi) is 5.37. The lowest BCUT2D eigenvalue weighted by Crippen LogP contribution is -2.37. The molecule has 1 aromatic heterocycles. The van der Waals surface area contributed by atoms with E-state index in [2.05, 4.69) is 19.1 Å². The molecule has 4 rings (SSSR count). The number of aryl methyl sites for hydroxylation is 1. The molecule has 6 heteroatoms. The fraction of sp³-hybridized carbons (Fsp3) is 0.304. The molecule has 2 aromatic carbocycles. The molecule has 0 aliphatic carbocycles. The van der Waals surface area contributed by atoms with E-state index in [4.69, 9.17) is 14.5 Å². The Morgan fingerprint density at radius 1 is 1.17 bits per heavy atom. The molecular formula is C23H24N2O3S. The van der Waals surface area contributed by atoms with Crippen LogP contribution in [0.5, 0.6) is 11.5 Å². The van der Waals surface area contributed by atoms with E-state index in [1.165, 1.54) is 17.3 Å². The summed E-state index contributed by atoms with van der Waals surface area (Å²) in [6, 6.07) is 14.2. The Morgan fingerprint density at radius 3 is 2.66 bits per heavy atom. The van der Waals surface area contributed by atoms with Crippen LogP contribution in [-0.4, -0.2) is 36.9 Å². The van der Waals surface area contributed by atoms with Crippen molar-refractivity contribution in [3.63, 3.8) is 0 Å². The fourth-order valence-electron chi connectivity index (χ4n) is 3.88. The molecule has 0 radical (unpaired) electrons. The van der Waals surface area contributed by atoms with Crippen LogP contribution in [0.15, 0.2) is 47.5 Å². The molecule has 0 saturated carbocycles. The maximum atomic E-state index is 13.0. The lowest BCUT2D eigenvalue weighted by Gasteiger charge is -2.22. The molecular weight excluding hydrogens is 384 g/mol. The quantitative estimate of drug-likeness (QED) is 0.576. The first-order valence-electron chi connectivity index (χ1n) is 9.58. The number of fused-ring (bicyclic) bond motifs is 2. The molecule has 150 valence electrons. The molecule has 3 aromatic rings. The fourth-order valence-corrected chi connectivity index (χ4v) is 4.73. The molecule has 2 heterocycles. The highest BCUT2D eigenvalue weighted by Gasteiger charge is 2.30. The largest absolute Gasteiger partial charge is 0.493 e. The van der Waals surface area contributed by atoms with Crippen LogP contribution in [0.2, 0.25) is 0 Å². The lowest BCUT2D eigenvalue weighted by molar-refractivity contribution is -0.116. The first-order chi connectivity index (χ1) is 14.0. The molecule has 0 fully saturated rings. The predicted octanol–water partition coefficient (Wildman–Crippen LogP) is 4.63. The van der Waals surface area contributed by atoms with Crippen molar-refractivity contribution in [2.45, 2.75) is 31.3 Å². The summed E-state index contributed by atoms with van der Waals surface area (Å²) in [5.41, 5.74) is 4.13. The van der Waals surface area contributed by atoms with E-state index in [9.17, 15) is 4.79 Å². The van der Waals surface area contributed by atoms with Gasteiger partial charge >= 0.3 is 0 Å². The lowest BCUT2D eigenvalue weighted by atomic mass is 10.1. The van der Waals surface area contributed by atoms with Crippen LogP contribution in [0.25, 0.3) is 10.9 Å². The van der Waals surface area contributed by atoms with E-state index in [0.29, 0.717) is 17.3 Å². The number of aromatic nitrogens is 1. The molecule has 0 saturated heterocycles. The van der Waals surface area contributed by atoms with Gasteiger partial charge in [-0.05, 0) is 49.6 Å². The highest BCUT2D eigenvalue weighted by Crippen LogP contribution is 2.35. The number of hydrogen-bond acceptors (Lipinski definition) is 5. The number of para-hydroxylation sites is 1. The maximum absolute atomic E-state index is 13.0. The number of anilines is 1. The van der Waals surface area contributed by atoms with Gasteiger partial charge in [0.05, 0.1) is 25.5 Å². The number of pyridine rings is 1. The van der Waals surface area contributed by atoms with Gasteiger partial charge in [0.25, 0.3) is 0 Å². The summed E-state index contributed by atoms with van der Waals surface area (Å²) >= 11 is 1.48. The topological polar surface area (TPSA) is 51.7 Å². The number of carbonyl (C=O) groups excluding carboxylic acids is 1. The first kappa shape index (κ1) is 19.6. The van der Waals surface area contributed by atoms with Crippen molar-refractivity contribution in [1.29, 1.82) is 0 Å². The van der Waals surface area contributed by atoms with Crippen LogP contribution < -0.4 is 14.4 Å². The van der Waals surface area contributed by atoms with Gasteiger partial charge in [-0.25, -0.2) is 4.98 Å². The zero-order chi connectivity index (χ0) is 20.5. The van der Waals surface area contributed by atoms with Gasteiger partial charge in [0.1, 0.15) is 5.03 Å². The van der Waals surface area contributed by atoms with E-state index in [-0.39, 0.29) is 11.9 Å². The third-order valence-corrected chi connectivity index (χ3v) is 6.35. The van der Waals surface area contributed by atoms with E-state index in [1.54, 1.807) is 14.2 Å². The van der Waals surface area contributed by atoms with Crippen molar-refractivity contribution in [3.05, 3.63) is 53.6 Å². The van der Waals surface area contributed by atoms with Gasteiger partial charge in [-0.2, -0.15) is 0 Å². The number of rotatable bonds is 5. The first-order valence-corrected chi connectivity index (χ1v) is 10.6. The summed E-state index contributed by atoms with van der Waals surface area (Å²) < 4.78 is 10.8. The Labute approximate surface area is 175 Å². The zero-order valence-electron chi connectivity index (χ0n) is 17.1. The monoisotopic (exact) mass is 408 g/mol. The minimum atomic E-state index is 0.112. The van der Waals surface area contributed by atoms with Gasteiger partial charge in [0.15, 0.2) is 11.5 Å². The Morgan fingerprint density at radius 2 is 1.90 bits per heavy atom. The highest BCUT2D eigenvalue weighted by molar-refractivity contribution is 8.00. The number of amides is 1. The third kappa shape index (κ3) is 3.65. The van der Waals surface area contributed by atoms with Crippen molar-refractivity contribution in [2.75, 3.05) is 24.9 Å². The summed E-state index contributed by atoms with van der Waals surface area (Å²) in [6.45, 7) is 4.12. The number of benzene rings is 2. The standard InChI is InChI=1S/C23H24N2O3S/c1-14-9-17-11-20(27-3)21(28-4)12-18(17)24-23(14)29-13-22(26)25-15(2)10-16-7-5-6-8-19(16)25/h5-9,11-12,15H,10,13H2,1-4H3/t15-/m1/s1. The summed E-state index contributed by atoms with van der Waals surface area (Å²) in [5, 5.41) is 1.84. The van der Waals surface area contributed by atoms with Crippen LogP contribution in [0.4, 0.5) is 5.69 Å². The summed E-state index contributed by atoms with van der Waals surface area (Å²) in [7, 11) is 3.23. The molecule has 0 spiro atoms. The van der Waals surface area contributed by atoms with E-state index >= 15 is 0 Å². The Balaban J connectivity index is 1.56. The van der Waals surface area contributed by atoms with Crippen LogP contribution in [0, 0.1) is 6.92 Å². The second-order valence-corrected chi connectivity index (χ2v) is 8.21. The van der Waals surface area contributed by atoms with Gasteiger partial charge in [0.2, 0.25) is 5.91 Å². The van der Waals surface area contributed by atoms with Crippen LogP contribution in [-0.2, 0) is 11.2 Å².